The maximum Gasteiger partial charge on any atom is 0.231 e. The van der Waals surface area contributed by atoms with Crippen molar-refractivity contribution in [3.8, 4) is 11.5 Å². The van der Waals surface area contributed by atoms with Crippen LogP contribution in [0.5, 0.6) is 11.5 Å². The lowest BCUT2D eigenvalue weighted by molar-refractivity contribution is -0.132. The topological polar surface area (TPSA) is 54.6 Å². The number of hydrogen-bond acceptors (Lipinski definition) is 3. The number of carbonyl (C=O) groups excluding carboxylic acids is 1. The molecule has 3 aromatic rings. The van der Waals surface area contributed by atoms with Crippen LogP contribution in [0.1, 0.15) is 23.2 Å². The number of rotatable bonds is 3. The summed E-state index contributed by atoms with van der Waals surface area (Å²) < 4.78 is 10.7. The fourth-order valence-corrected chi connectivity index (χ4v) is 3.89. The molecule has 0 aliphatic carbocycles. The first-order chi connectivity index (χ1) is 12.8. The smallest absolute Gasteiger partial charge is 0.231 e. The molecule has 0 saturated heterocycles. The summed E-state index contributed by atoms with van der Waals surface area (Å²) in [5, 5.41) is 1.23. The fraction of sp³-hybridized carbons (Fsp3) is 0.286. The van der Waals surface area contributed by atoms with Crippen LogP contribution in [0, 0.1) is 0 Å². The van der Waals surface area contributed by atoms with E-state index in [9.17, 15) is 4.79 Å². The summed E-state index contributed by atoms with van der Waals surface area (Å²) in [6, 6.07) is 14.2. The maximum absolute atomic E-state index is 12.7. The number of para-hydroxylation sites is 1. The monoisotopic (exact) mass is 348 g/mol. The first kappa shape index (κ1) is 15.3. The highest BCUT2D eigenvalue weighted by Crippen LogP contribution is 2.33. The van der Waals surface area contributed by atoms with Crippen molar-refractivity contribution in [2.24, 2.45) is 0 Å². The molecule has 1 N–H and O–H groups in total. The molecule has 0 radical (unpaired) electrons. The van der Waals surface area contributed by atoms with E-state index in [4.69, 9.17) is 9.47 Å². The minimum atomic E-state index is 0.207. The van der Waals surface area contributed by atoms with E-state index in [1.165, 1.54) is 16.6 Å². The Balaban J connectivity index is 1.28. The normalized spacial score (nSPS) is 15.3. The predicted molar refractivity (Wildman–Crippen MR) is 98.3 cm³/mol. The van der Waals surface area contributed by atoms with Crippen molar-refractivity contribution in [3.63, 3.8) is 0 Å². The van der Waals surface area contributed by atoms with Crippen LogP contribution in [0.15, 0.2) is 42.5 Å². The summed E-state index contributed by atoms with van der Waals surface area (Å²) in [4.78, 5) is 18.2. The Morgan fingerprint density at radius 3 is 2.96 bits per heavy atom. The van der Waals surface area contributed by atoms with Crippen LogP contribution < -0.4 is 9.47 Å². The van der Waals surface area contributed by atoms with Gasteiger partial charge < -0.3 is 19.4 Å². The van der Waals surface area contributed by atoms with Gasteiger partial charge in [0.2, 0.25) is 12.7 Å². The van der Waals surface area contributed by atoms with Crippen molar-refractivity contribution in [2.75, 3.05) is 13.3 Å². The molecule has 2 aromatic carbocycles. The number of benzene rings is 2. The Kier molecular flexibility index (Phi) is 3.59. The van der Waals surface area contributed by atoms with Gasteiger partial charge in [-0.15, -0.1) is 0 Å². The van der Waals surface area contributed by atoms with Crippen molar-refractivity contribution in [3.05, 3.63) is 59.3 Å². The van der Waals surface area contributed by atoms with Gasteiger partial charge in [-0.05, 0) is 30.2 Å². The summed E-state index contributed by atoms with van der Waals surface area (Å²) >= 11 is 0. The van der Waals surface area contributed by atoms with Crippen LogP contribution in [-0.2, 0) is 24.2 Å². The number of carbonyl (C=O) groups is 1. The fourth-order valence-electron chi connectivity index (χ4n) is 3.89. The second-order valence-electron chi connectivity index (χ2n) is 6.88. The largest absolute Gasteiger partial charge is 0.454 e. The molecule has 1 aromatic heterocycles. The third kappa shape index (κ3) is 2.60. The molecule has 5 nitrogen and oxygen atoms in total. The van der Waals surface area contributed by atoms with Gasteiger partial charge in [-0.3, -0.25) is 4.79 Å². The van der Waals surface area contributed by atoms with E-state index in [1.54, 1.807) is 0 Å². The van der Waals surface area contributed by atoms with Gasteiger partial charge >= 0.3 is 0 Å². The van der Waals surface area contributed by atoms with Gasteiger partial charge in [-0.1, -0.05) is 24.3 Å². The van der Waals surface area contributed by atoms with Crippen molar-refractivity contribution in [1.29, 1.82) is 0 Å². The van der Waals surface area contributed by atoms with E-state index in [2.05, 4.69) is 23.2 Å². The number of fused-ring (bicyclic) bond motifs is 4. The molecule has 2 aliphatic rings. The number of aryl methyl sites for hydroxylation is 1. The number of nitrogens with one attached hydrogen (secondary N) is 1. The van der Waals surface area contributed by atoms with E-state index >= 15 is 0 Å². The molecule has 0 unspecified atom stereocenters. The zero-order valence-electron chi connectivity index (χ0n) is 14.5. The number of aromatic nitrogens is 1. The van der Waals surface area contributed by atoms with Crippen molar-refractivity contribution < 1.29 is 14.3 Å². The maximum atomic E-state index is 12.7. The second-order valence-corrected chi connectivity index (χ2v) is 6.88. The SMILES string of the molecule is O=C(CCc1ccc2c(c1)OCO2)N1CCc2[nH]c3ccccc3c2C1. The van der Waals surface area contributed by atoms with Gasteiger partial charge in [0.1, 0.15) is 0 Å². The molecule has 0 saturated carbocycles. The molecule has 26 heavy (non-hydrogen) atoms. The predicted octanol–water partition coefficient (Wildman–Crippen LogP) is 3.41. The van der Waals surface area contributed by atoms with Crippen LogP contribution >= 0.6 is 0 Å². The molecule has 0 atom stereocenters. The van der Waals surface area contributed by atoms with Gasteiger partial charge in [-0.2, -0.15) is 0 Å². The number of nitrogens with zero attached hydrogens (tertiary/aromatic N) is 1. The number of hydrogen-bond donors (Lipinski definition) is 1. The first-order valence-corrected chi connectivity index (χ1v) is 9.03. The zero-order valence-corrected chi connectivity index (χ0v) is 14.5. The molecule has 0 bridgehead atoms. The van der Waals surface area contributed by atoms with Crippen molar-refractivity contribution >= 4 is 16.8 Å². The van der Waals surface area contributed by atoms with E-state index in [-0.39, 0.29) is 12.7 Å². The van der Waals surface area contributed by atoms with E-state index in [1.807, 2.05) is 29.2 Å². The molecule has 132 valence electrons. The van der Waals surface area contributed by atoms with E-state index < -0.39 is 0 Å². The minimum absolute atomic E-state index is 0.207. The Bertz CT molecular complexity index is 992. The van der Waals surface area contributed by atoms with Crippen LogP contribution in [0.25, 0.3) is 10.9 Å². The van der Waals surface area contributed by atoms with Crippen LogP contribution in [0.2, 0.25) is 0 Å². The highest BCUT2D eigenvalue weighted by molar-refractivity contribution is 5.86. The number of aromatic amines is 1. The van der Waals surface area contributed by atoms with Gasteiger partial charge in [-0.25, -0.2) is 0 Å². The lowest BCUT2D eigenvalue weighted by Gasteiger charge is -2.27. The highest BCUT2D eigenvalue weighted by atomic mass is 16.7. The van der Waals surface area contributed by atoms with Crippen LogP contribution in [0.4, 0.5) is 0 Å². The summed E-state index contributed by atoms with van der Waals surface area (Å²) in [5.74, 6) is 1.76. The second kappa shape index (κ2) is 6.09. The standard InChI is InChI=1S/C21H20N2O3/c24-21(8-6-14-5-7-19-20(11-14)26-13-25-19)23-10-9-18-16(12-23)15-3-1-2-4-17(15)22-18/h1-5,7,11,22H,6,8-10,12-13H2. The lowest BCUT2D eigenvalue weighted by Crippen LogP contribution is -2.35. The van der Waals surface area contributed by atoms with E-state index in [0.29, 0.717) is 19.4 Å². The number of amides is 1. The number of ether oxygens (including phenoxy) is 2. The average Bonchev–Trinajstić information content (AvgIpc) is 3.29. The quantitative estimate of drug-likeness (QED) is 0.789. The molecule has 0 spiro atoms. The first-order valence-electron chi connectivity index (χ1n) is 9.03. The zero-order chi connectivity index (χ0) is 17.5. The summed E-state index contributed by atoms with van der Waals surface area (Å²) in [7, 11) is 0. The molecule has 5 heteroatoms. The van der Waals surface area contributed by atoms with Crippen LogP contribution in [0.3, 0.4) is 0 Å². The molecule has 0 fully saturated rings. The van der Waals surface area contributed by atoms with Gasteiger partial charge in [0.15, 0.2) is 11.5 Å². The number of H-pyrrole nitrogens is 1. The minimum Gasteiger partial charge on any atom is -0.454 e. The third-order valence-electron chi connectivity index (χ3n) is 5.30. The van der Waals surface area contributed by atoms with Gasteiger partial charge in [0, 0.05) is 48.1 Å². The molecule has 2 aliphatic heterocycles. The molecular formula is C21H20N2O3. The van der Waals surface area contributed by atoms with E-state index in [0.717, 1.165) is 35.5 Å². The summed E-state index contributed by atoms with van der Waals surface area (Å²) in [6.07, 6.45) is 2.11. The van der Waals surface area contributed by atoms with Gasteiger partial charge in [0.05, 0.1) is 0 Å². The van der Waals surface area contributed by atoms with Crippen LogP contribution in [-0.4, -0.2) is 29.1 Å². The summed E-state index contributed by atoms with van der Waals surface area (Å²) in [6.45, 7) is 1.75. The third-order valence-corrected chi connectivity index (χ3v) is 5.30. The molecule has 5 rings (SSSR count). The molecular weight excluding hydrogens is 328 g/mol. The molecule has 3 heterocycles. The van der Waals surface area contributed by atoms with Crippen molar-refractivity contribution in [2.45, 2.75) is 25.8 Å². The Morgan fingerprint density at radius 2 is 2.00 bits per heavy atom. The Labute approximate surface area is 151 Å². The molecule has 1 amide bonds. The average molecular weight is 348 g/mol. The van der Waals surface area contributed by atoms with Crippen molar-refractivity contribution in [1.82, 2.24) is 9.88 Å². The summed E-state index contributed by atoms with van der Waals surface area (Å²) in [5.41, 5.74) is 4.80. The highest BCUT2D eigenvalue weighted by Gasteiger charge is 2.23. The van der Waals surface area contributed by atoms with Gasteiger partial charge in [0.25, 0.3) is 0 Å². The Hall–Kier alpha value is -2.95. The Morgan fingerprint density at radius 1 is 1.12 bits per heavy atom. The lowest BCUT2D eigenvalue weighted by atomic mass is 10.0.